The van der Waals surface area contributed by atoms with E-state index in [1.807, 2.05) is 0 Å². The highest BCUT2D eigenvalue weighted by Crippen LogP contribution is 2.24. The maximum absolute atomic E-state index is 12.9. The quantitative estimate of drug-likeness (QED) is 0.0357. The van der Waals surface area contributed by atoms with Crippen molar-refractivity contribution in [3.8, 4) is 0 Å². The molecule has 51 heavy (non-hydrogen) atoms. The van der Waals surface area contributed by atoms with Crippen LogP contribution in [0.25, 0.3) is 0 Å². The molecule has 0 spiro atoms. The molecule has 0 aromatic carbocycles. The van der Waals surface area contributed by atoms with E-state index in [-0.39, 0.29) is 76.0 Å². The van der Waals surface area contributed by atoms with Crippen molar-refractivity contribution in [2.45, 2.75) is 208 Å². The van der Waals surface area contributed by atoms with Crippen molar-refractivity contribution in [2.24, 2.45) is 17.3 Å². The number of carbonyl (C=O) groups excluding carboxylic acids is 4. The van der Waals surface area contributed by atoms with Gasteiger partial charge in [-0.25, -0.2) is 0 Å². The van der Waals surface area contributed by atoms with Gasteiger partial charge in [-0.15, -0.1) is 0 Å². The lowest BCUT2D eigenvalue weighted by Gasteiger charge is -2.31. The van der Waals surface area contributed by atoms with Crippen LogP contribution in [0.4, 0.5) is 0 Å². The monoisotopic (exact) mass is 725 g/mol. The van der Waals surface area contributed by atoms with Gasteiger partial charge in [-0.2, -0.15) is 0 Å². The average molecular weight is 725 g/mol. The van der Waals surface area contributed by atoms with E-state index in [0.717, 1.165) is 103 Å². The zero-order chi connectivity index (χ0) is 38.0. The first kappa shape index (κ1) is 48.9. The van der Waals surface area contributed by atoms with Crippen LogP contribution in [0.3, 0.4) is 0 Å². The molecule has 8 heteroatoms. The van der Waals surface area contributed by atoms with Crippen molar-refractivity contribution in [3.05, 3.63) is 0 Å². The summed E-state index contributed by atoms with van der Waals surface area (Å²) in [6.45, 7) is 12.5. The number of hydrogen-bond acceptors (Lipinski definition) is 8. The van der Waals surface area contributed by atoms with E-state index in [9.17, 15) is 19.2 Å². The Morgan fingerprint density at radius 1 is 0.373 bits per heavy atom. The molecular weight excluding hydrogens is 644 g/mol. The second-order valence-electron chi connectivity index (χ2n) is 15.9. The summed E-state index contributed by atoms with van der Waals surface area (Å²) in [5.74, 6) is -0.0682. The Morgan fingerprint density at radius 2 is 0.608 bits per heavy atom. The molecule has 0 heterocycles. The first-order chi connectivity index (χ1) is 24.5. The summed E-state index contributed by atoms with van der Waals surface area (Å²) in [6.07, 6.45) is 23.9. The zero-order valence-corrected chi connectivity index (χ0v) is 34.1. The number of esters is 4. The number of carbonyl (C=O) groups is 4. The number of rotatable bonds is 36. The summed E-state index contributed by atoms with van der Waals surface area (Å²) in [5.41, 5.74) is -1.19. The van der Waals surface area contributed by atoms with Crippen LogP contribution in [-0.4, -0.2) is 50.3 Å². The minimum Gasteiger partial charge on any atom is -0.465 e. The second kappa shape index (κ2) is 33.7. The summed E-state index contributed by atoms with van der Waals surface area (Å²) in [7, 11) is 0. The third-order valence-electron chi connectivity index (χ3n) is 9.45. The topological polar surface area (TPSA) is 105 Å². The van der Waals surface area contributed by atoms with Crippen LogP contribution in [-0.2, 0) is 38.1 Å². The lowest BCUT2D eigenvalue weighted by Crippen LogP contribution is -2.44. The average Bonchev–Trinajstić information content (AvgIpc) is 3.09. The van der Waals surface area contributed by atoms with Gasteiger partial charge in [-0.3, -0.25) is 19.2 Å². The fraction of sp³-hybridized carbons (Fsp3) is 0.907. The normalized spacial score (nSPS) is 11.6. The summed E-state index contributed by atoms with van der Waals surface area (Å²) in [5, 5.41) is 0. The molecule has 0 aromatic heterocycles. The molecule has 300 valence electrons. The van der Waals surface area contributed by atoms with E-state index in [4.69, 9.17) is 18.9 Å². The van der Waals surface area contributed by atoms with E-state index in [1.54, 1.807) is 0 Å². The lowest BCUT2D eigenvalue weighted by atomic mass is 9.92. The van der Waals surface area contributed by atoms with Gasteiger partial charge in [0.15, 0.2) is 0 Å². The fourth-order valence-electron chi connectivity index (χ4n) is 5.92. The Balaban J connectivity index is 5.50. The Labute approximate surface area is 313 Å². The number of ether oxygens (including phenoxy) is 4. The summed E-state index contributed by atoms with van der Waals surface area (Å²) in [6, 6.07) is 0. The molecule has 0 saturated heterocycles. The molecule has 0 aliphatic rings. The Hall–Kier alpha value is -2.12. The molecule has 0 aliphatic heterocycles. The van der Waals surface area contributed by atoms with Gasteiger partial charge < -0.3 is 18.9 Å². The van der Waals surface area contributed by atoms with Crippen molar-refractivity contribution in [1.82, 2.24) is 0 Å². The summed E-state index contributed by atoms with van der Waals surface area (Å²) < 4.78 is 23.0. The maximum Gasteiger partial charge on any atom is 0.305 e. The van der Waals surface area contributed by atoms with E-state index >= 15 is 0 Å². The molecule has 0 bridgehead atoms. The predicted octanol–water partition coefficient (Wildman–Crippen LogP) is 11.6. The highest BCUT2D eigenvalue weighted by molar-refractivity contribution is 5.71. The molecule has 0 radical (unpaired) electrons. The molecule has 0 amide bonds. The molecule has 0 aliphatic carbocycles. The maximum atomic E-state index is 12.9. The Morgan fingerprint density at radius 3 is 0.863 bits per heavy atom. The van der Waals surface area contributed by atoms with Crippen molar-refractivity contribution < 1.29 is 38.1 Å². The molecule has 0 aromatic rings. The third-order valence-corrected chi connectivity index (χ3v) is 9.45. The van der Waals surface area contributed by atoms with Crippen LogP contribution in [0, 0.1) is 17.3 Å². The largest absolute Gasteiger partial charge is 0.465 e. The molecule has 0 N–H and O–H groups in total. The summed E-state index contributed by atoms with van der Waals surface area (Å²) in [4.78, 5) is 51.4. The molecule has 0 rings (SSSR count). The van der Waals surface area contributed by atoms with Crippen LogP contribution in [0.2, 0.25) is 0 Å². The highest BCUT2D eigenvalue weighted by atomic mass is 16.6. The smallest absolute Gasteiger partial charge is 0.305 e. The number of hydrogen-bond donors (Lipinski definition) is 0. The summed E-state index contributed by atoms with van der Waals surface area (Å²) >= 11 is 0. The van der Waals surface area contributed by atoms with Crippen molar-refractivity contribution in [1.29, 1.82) is 0 Å². The van der Waals surface area contributed by atoms with E-state index < -0.39 is 5.41 Å². The number of unbranched alkanes of at least 4 members (excludes halogenated alkanes) is 16. The van der Waals surface area contributed by atoms with Crippen LogP contribution in [0.5, 0.6) is 0 Å². The second-order valence-corrected chi connectivity index (χ2v) is 15.9. The molecule has 8 nitrogen and oxygen atoms in total. The Kier molecular flexibility index (Phi) is 32.3. The zero-order valence-electron chi connectivity index (χ0n) is 34.1. The van der Waals surface area contributed by atoms with Gasteiger partial charge >= 0.3 is 23.9 Å². The van der Waals surface area contributed by atoms with Crippen LogP contribution < -0.4 is 0 Å². The van der Waals surface area contributed by atoms with Gasteiger partial charge in [-0.1, -0.05) is 157 Å². The van der Waals surface area contributed by atoms with Gasteiger partial charge in [0, 0.05) is 25.7 Å². The molecule has 0 atom stereocenters. The Bertz CT molecular complexity index is 798. The standard InChI is InChI=1S/C43H80O8/c1-7-9-11-13-15-23-29-39(44)48-33-43(34-49-40(45)30-24-16-14-12-10-8-2,35-50-41(46)31-25-19-17-21-27-37(3)4)36-51-42(47)32-26-20-18-22-28-38(5)6/h37-38H,7-36H2,1-6H3. The van der Waals surface area contributed by atoms with Gasteiger partial charge in [0.25, 0.3) is 0 Å². The first-order valence-electron chi connectivity index (χ1n) is 21.2. The SMILES string of the molecule is CCCCCCCCC(=O)OCC(COC(=O)CCCCCCCC)(COC(=O)CCCCCCC(C)C)COC(=O)CCCCCCC(C)C. The third kappa shape index (κ3) is 32.3. The minimum absolute atomic E-state index is 0.170. The van der Waals surface area contributed by atoms with Gasteiger partial charge in [0.2, 0.25) is 0 Å². The molecule has 0 saturated carbocycles. The molecular formula is C43H80O8. The molecule has 0 unspecified atom stereocenters. The van der Waals surface area contributed by atoms with Gasteiger partial charge in [0.1, 0.15) is 31.8 Å². The predicted molar refractivity (Wildman–Crippen MR) is 207 cm³/mol. The van der Waals surface area contributed by atoms with Gasteiger partial charge in [0.05, 0.1) is 0 Å². The van der Waals surface area contributed by atoms with E-state index in [0.29, 0.717) is 11.8 Å². The van der Waals surface area contributed by atoms with Crippen molar-refractivity contribution in [3.63, 3.8) is 0 Å². The van der Waals surface area contributed by atoms with Crippen LogP contribution >= 0.6 is 0 Å². The van der Waals surface area contributed by atoms with Crippen molar-refractivity contribution >= 4 is 23.9 Å². The van der Waals surface area contributed by atoms with Crippen LogP contribution in [0.1, 0.15) is 208 Å². The van der Waals surface area contributed by atoms with Crippen LogP contribution in [0.15, 0.2) is 0 Å². The van der Waals surface area contributed by atoms with Crippen molar-refractivity contribution in [2.75, 3.05) is 26.4 Å². The first-order valence-corrected chi connectivity index (χ1v) is 21.2. The minimum atomic E-state index is -1.19. The van der Waals surface area contributed by atoms with Gasteiger partial charge in [-0.05, 0) is 37.5 Å². The lowest BCUT2D eigenvalue weighted by molar-refractivity contribution is -0.170. The fourth-order valence-corrected chi connectivity index (χ4v) is 5.92. The molecule has 0 fully saturated rings. The van der Waals surface area contributed by atoms with E-state index in [2.05, 4.69) is 41.5 Å². The van der Waals surface area contributed by atoms with E-state index in [1.165, 1.54) is 38.5 Å². The highest BCUT2D eigenvalue weighted by Gasteiger charge is 2.38.